The van der Waals surface area contributed by atoms with Gasteiger partial charge in [-0.25, -0.2) is 0 Å². The summed E-state index contributed by atoms with van der Waals surface area (Å²) < 4.78 is 0. The normalized spacial score (nSPS) is 12.0. The lowest BCUT2D eigenvalue weighted by molar-refractivity contribution is 0.437. The molecule has 0 heterocycles. The fourth-order valence-corrected chi connectivity index (χ4v) is 1.03. The maximum atomic E-state index is 5.70. The Hall–Kier alpha value is 0.540. The summed E-state index contributed by atoms with van der Waals surface area (Å²) in [6.07, 6.45) is 1.11. The number of hydrogen-bond acceptors (Lipinski definition) is 1. The van der Waals surface area contributed by atoms with Gasteiger partial charge in [-0.05, 0) is 19.9 Å². The molecule has 0 unspecified atom stereocenters. The minimum atomic E-state index is -0.0842. The van der Waals surface area contributed by atoms with E-state index in [1.807, 2.05) is 6.92 Å². The van der Waals surface area contributed by atoms with Crippen molar-refractivity contribution < 1.29 is 0 Å². The summed E-state index contributed by atoms with van der Waals surface area (Å²) in [5.41, 5.74) is -0.0842. The summed E-state index contributed by atoms with van der Waals surface area (Å²) in [7, 11) is 0. The lowest BCUT2D eigenvalue weighted by atomic mass is 10.1. The van der Waals surface area contributed by atoms with E-state index in [2.05, 4.69) is 12.2 Å². The van der Waals surface area contributed by atoms with Crippen LogP contribution in [0.1, 0.15) is 20.3 Å². The van der Waals surface area contributed by atoms with Gasteiger partial charge in [0.15, 0.2) is 0 Å². The van der Waals surface area contributed by atoms with Crippen LogP contribution in [-0.4, -0.2) is 23.8 Å². The molecule has 0 aliphatic rings. The molecule has 0 aromatic rings. The van der Waals surface area contributed by atoms with Gasteiger partial charge in [0.1, 0.15) is 0 Å². The molecule has 10 heavy (non-hydrogen) atoms. The summed E-state index contributed by atoms with van der Waals surface area (Å²) in [5, 5.41) is 3.28. The highest BCUT2D eigenvalue weighted by atomic mass is 35.5. The van der Waals surface area contributed by atoms with Crippen molar-refractivity contribution >= 4 is 23.2 Å². The fourth-order valence-electron chi connectivity index (χ4n) is 0.557. The van der Waals surface area contributed by atoms with Gasteiger partial charge in [-0.2, -0.15) is 0 Å². The molecule has 0 rings (SSSR count). The molecule has 0 aliphatic heterocycles. The van der Waals surface area contributed by atoms with Crippen LogP contribution in [0.4, 0.5) is 0 Å². The molecule has 1 N–H and O–H groups in total. The van der Waals surface area contributed by atoms with Crippen LogP contribution >= 0.6 is 23.2 Å². The monoisotopic (exact) mass is 183 g/mol. The first-order valence-corrected chi connectivity index (χ1v) is 4.62. The van der Waals surface area contributed by atoms with E-state index in [1.54, 1.807) is 0 Å². The molecule has 0 saturated heterocycles. The van der Waals surface area contributed by atoms with Gasteiger partial charge in [-0.15, -0.1) is 23.2 Å². The van der Waals surface area contributed by atoms with Crippen molar-refractivity contribution in [2.45, 2.75) is 25.8 Å². The van der Waals surface area contributed by atoms with Crippen molar-refractivity contribution in [3.05, 3.63) is 0 Å². The maximum Gasteiger partial charge on any atom is 0.0425 e. The number of alkyl halides is 2. The highest BCUT2D eigenvalue weighted by Crippen LogP contribution is 2.08. The SMILES string of the molecule is CCCNC(C)(CCl)CCl. The summed E-state index contributed by atoms with van der Waals surface area (Å²) >= 11 is 11.4. The first-order chi connectivity index (χ1) is 4.68. The van der Waals surface area contributed by atoms with E-state index >= 15 is 0 Å². The van der Waals surface area contributed by atoms with Crippen molar-refractivity contribution in [2.75, 3.05) is 18.3 Å². The van der Waals surface area contributed by atoms with E-state index in [4.69, 9.17) is 23.2 Å². The van der Waals surface area contributed by atoms with Crippen LogP contribution in [0.5, 0.6) is 0 Å². The van der Waals surface area contributed by atoms with Crippen molar-refractivity contribution in [1.29, 1.82) is 0 Å². The van der Waals surface area contributed by atoms with E-state index in [-0.39, 0.29) is 5.54 Å². The van der Waals surface area contributed by atoms with E-state index < -0.39 is 0 Å². The summed E-state index contributed by atoms with van der Waals surface area (Å²) in [5.74, 6) is 1.13. The Kier molecular flexibility index (Phi) is 5.51. The molecule has 0 spiro atoms. The molecule has 0 radical (unpaired) electrons. The molecule has 0 amide bonds. The van der Waals surface area contributed by atoms with Gasteiger partial charge in [0.05, 0.1) is 0 Å². The molecule has 0 fully saturated rings. The van der Waals surface area contributed by atoms with Crippen LogP contribution in [-0.2, 0) is 0 Å². The Morgan fingerprint density at radius 2 is 1.80 bits per heavy atom. The molecule has 62 valence electrons. The molecule has 0 atom stereocenters. The highest BCUT2D eigenvalue weighted by Gasteiger charge is 2.19. The lowest BCUT2D eigenvalue weighted by Gasteiger charge is -2.25. The third-order valence-electron chi connectivity index (χ3n) is 1.39. The molecular weight excluding hydrogens is 169 g/mol. The molecule has 0 saturated carbocycles. The summed E-state index contributed by atoms with van der Waals surface area (Å²) in [6.45, 7) is 5.13. The van der Waals surface area contributed by atoms with Gasteiger partial charge < -0.3 is 5.32 Å². The second-order valence-electron chi connectivity index (χ2n) is 2.75. The van der Waals surface area contributed by atoms with Gasteiger partial charge >= 0.3 is 0 Å². The van der Waals surface area contributed by atoms with Crippen LogP contribution in [0, 0.1) is 0 Å². The smallest absolute Gasteiger partial charge is 0.0425 e. The van der Waals surface area contributed by atoms with Crippen molar-refractivity contribution in [2.24, 2.45) is 0 Å². The topological polar surface area (TPSA) is 12.0 Å². The van der Waals surface area contributed by atoms with Gasteiger partial charge in [-0.1, -0.05) is 6.92 Å². The average Bonchev–Trinajstić information content (AvgIpc) is 2.00. The number of rotatable bonds is 5. The molecule has 0 aromatic heterocycles. The Balaban J connectivity index is 3.58. The van der Waals surface area contributed by atoms with E-state index in [1.165, 1.54) is 0 Å². The maximum absolute atomic E-state index is 5.70. The van der Waals surface area contributed by atoms with Gasteiger partial charge in [0.2, 0.25) is 0 Å². The van der Waals surface area contributed by atoms with Gasteiger partial charge in [0.25, 0.3) is 0 Å². The summed E-state index contributed by atoms with van der Waals surface area (Å²) in [4.78, 5) is 0. The minimum absolute atomic E-state index is 0.0842. The van der Waals surface area contributed by atoms with Crippen LogP contribution in [0.25, 0.3) is 0 Å². The summed E-state index contributed by atoms with van der Waals surface area (Å²) in [6, 6.07) is 0. The quantitative estimate of drug-likeness (QED) is 0.646. The zero-order valence-electron chi connectivity index (χ0n) is 6.58. The zero-order valence-corrected chi connectivity index (χ0v) is 8.10. The van der Waals surface area contributed by atoms with E-state index in [0.717, 1.165) is 13.0 Å². The lowest BCUT2D eigenvalue weighted by Crippen LogP contribution is -2.46. The van der Waals surface area contributed by atoms with E-state index in [0.29, 0.717) is 11.8 Å². The molecule has 1 nitrogen and oxygen atoms in total. The minimum Gasteiger partial charge on any atom is -0.309 e. The van der Waals surface area contributed by atoms with Gasteiger partial charge in [0, 0.05) is 17.3 Å². The number of halogens is 2. The fraction of sp³-hybridized carbons (Fsp3) is 1.00. The van der Waals surface area contributed by atoms with Gasteiger partial charge in [-0.3, -0.25) is 0 Å². The molecule has 0 bridgehead atoms. The van der Waals surface area contributed by atoms with Crippen LogP contribution in [0.2, 0.25) is 0 Å². The number of nitrogens with one attached hydrogen (secondary N) is 1. The Morgan fingerprint density at radius 1 is 1.30 bits per heavy atom. The van der Waals surface area contributed by atoms with Crippen molar-refractivity contribution in [3.63, 3.8) is 0 Å². The Labute approximate surface area is 73.1 Å². The molecule has 3 heteroatoms. The van der Waals surface area contributed by atoms with Crippen LogP contribution in [0.3, 0.4) is 0 Å². The highest BCUT2D eigenvalue weighted by molar-refractivity contribution is 6.22. The van der Waals surface area contributed by atoms with E-state index in [9.17, 15) is 0 Å². The molecule has 0 aliphatic carbocycles. The standard InChI is InChI=1S/C7H15Cl2N/c1-3-4-10-7(2,5-8)6-9/h10H,3-6H2,1-2H3. The predicted octanol–water partition coefficient (Wildman–Crippen LogP) is 2.22. The average molecular weight is 184 g/mol. The molecular formula is C7H15Cl2N. The predicted molar refractivity (Wildman–Crippen MR) is 48.1 cm³/mol. The van der Waals surface area contributed by atoms with Crippen LogP contribution in [0.15, 0.2) is 0 Å². The second-order valence-corrected chi connectivity index (χ2v) is 3.29. The molecule has 0 aromatic carbocycles. The zero-order chi connectivity index (χ0) is 8.04. The third kappa shape index (κ3) is 3.65. The Morgan fingerprint density at radius 3 is 2.10 bits per heavy atom. The van der Waals surface area contributed by atoms with Crippen molar-refractivity contribution in [3.8, 4) is 0 Å². The number of hydrogen-bond donors (Lipinski definition) is 1. The third-order valence-corrected chi connectivity index (χ3v) is 2.57. The largest absolute Gasteiger partial charge is 0.309 e. The first-order valence-electron chi connectivity index (χ1n) is 3.55. The van der Waals surface area contributed by atoms with Crippen LogP contribution < -0.4 is 5.32 Å². The second kappa shape index (κ2) is 5.22. The van der Waals surface area contributed by atoms with Crippen molar-refractivity contribution in [1.82, 2.24) is 5.32 Å². The first kappa shape index (κ1) is 10.5. The Bertz CT molecular complexity index is 81.7.